The predicted molar refractivity (Wildman–Crippen MR) is 103 cm³/mol. The Morgan fingerprint density at radius 3 is 2.86 bits per heavy atom. The zero-order chi connectivity index (χ0) is 19.3. The lowest BCUT2D eigenvalue weighted by molar-refractivity contribution is 0.0936. The number of fused-ring (bicyclic) bond motifs is 1. The third-order valence-electron chi connectivity index (χ3n) is 6.16. The molecule has 0 radical (unpaired) electrons. The van der Waals surface area contributed by atoms with Gasteiger partial charge in [0.15, 0.2) is 0 Å². The van der Waals surface area contributed by atoms with E-state index in [0.29, 0.717) is 17.3 Å². The first-order chi connectivity index (χ1) is 13.6. The first-order valence-corrected chi connectivity index (χ1v) is 9.86. The molecule has 1 amide bonds. The fraction of sp³-hybridized carbons (Fsp3) is 0.429. The van der Waals surface area contributed by atoms with Crippen molar-refractivity contribution in [2.75, 3.05) is 0 Å². The number of hydrogen-bond donors (Lipinski definition) is 1. The van der Waals surface area contributed by atoms with Gasteiger partial charge in [-0.25, -0.2) is 0 Å². The zero-order valence-electron chi connectivity index (χ0n) is 16.1. The Kier molecular flexibility index (Phi) is 4.03. The van der Waals surface area contributed by atoms with Crippen molar-refractivity contribution in [3.8, 4) is 11.4 Å². The van der Waals surface area contributed by atoms with E-state index in [9.17, 15) is 4.79 Å². The molecular weight excluding hydrogens is 354 g/mol. The van der Waals surface area contributed by atoms with Crippen molar-refractivity contribution in [2.45, 2.75) is 51.0 Å². The average molecular weight is 377 g/mol. The van der Waals surface area contributed by atoms with E-state index >= 15 is 0 Å². The van der Waals surface area contributed by atoms with Gasteiger partial charge in [0.25, 0.3) is 5.91 Å². The summed E-state index contributed by atoms with van der Waals surface area (Å²) in [5, 5.41) is 11.5. The summed E-state index contributed by atoms with van der Waals surface area (Å²) >= 11 is 0. The Hall–Kier alpha value is -2.96. The highest BCUT2D eigenvalue weighted by Gasteiger charge is 2.28. The minimum atomic E-state index is -0.0733. The van der Waals surface area contributed by atoms with E-state index in [2.05, 4.69) is 32.7 Å². The van der Waals surface area contributed by atoms with E-state index in [1.54, 1.807) is 10.9 Å². The molecule has 7 heteroatoms. The minimum absolute atomic E-state index is 0.0203. The van der Waals surface area contributed by atoms with Gasteiger partial charge >= 0.3 is 0 Å². The van der Waals surface area contributed by atoms with E-state index < -0.39 is 0 Å². The number of benzene rings is 1. The number of carbonyl (C=O) groups excluding carboxylic acids is 1. The molecule has 0 saturated heterocycles. The third-order valence-corrected chi connectivity index (χ3v) is 6.16. The van der Waals surface area contributed by atoms with Crippen LogP contribution in [0.3, 0.4) is 0 Å². The van der Waals surface area contributed by atoms with Crippen LogP contribution >= 0.6 is 0 Å². The highest BCUT2D eigenvalue weighted by atomic mass is 16.5. The van der Waals surface area contributed by atoms with Gasteiger partial charge in [-0.2, -0.15) is 10.1 Å². The molecule has 5 rings (SSSR count). The second-order valence-electron chi connectivity index (χ2n) is 7.83. The molecule has 0 aliphatic heterocycles. The Morgan fingerprint density at radius 1 is 1.29 bits per heavy atom. The Balaban J connectivity index is 1.34. The second kappa shape index (κ2) is 6.58. The standard InChI is InChI=1S/C21H23N5O2/c1-12-17(11-22-26(12)2)20(27)23-18-9-7-14-10-15(6-8-16(14)18)19-24-21(28-25-19)13-4-3-5-13/h6,8,10-11,13,18H,3-5,7,9H2,1-2H3,(H,23,27). The monoisotopic (exact) mass is 377 g/mol. The van der Waals surface area contributed by atoms with Gasteiger partial charge in [-0.1, -0.05) is 23.7 Å². The summed E-state index contributed by atoms with van der Waals surface area (Å²) in [4.78, 5) is 17.2. The number of rotatable bonds is 4. The number of hydrogen-bond acceptors (Lipinski definition) is 5. The quantitative estimate of drug-likeness (QED) is 0.752. The summed E-state index contributed by atoms with van der Waals surface area (Å²) < 4.78 is 7.17. The number of nitrogens with one attached hydrogen (secondary N) is 1. The van der Waals surface area contributed by atoms with Crippen LogP contribution in [0.4, 0.5) is 0 Å². The molecule has 28 heavy (non-hydrogen) atoms. The average Bonchev–Trinajstić information content (AvgIpc) is 3.34. The first-order valence-electron chi connectivity index (χ1n) is 9.86. The van der Waals surface area contributed by atoms with Crippen molar-refractivity contribution in [2.24, 2.45) is 7.05 Å². The number of carbonyl (C=O) groups is 1. The van der Waals surface area contributed by atoms with Crippen molar-refractivity contribution in [1.82, 2.24) is 25.2 Å². The van der Waals surface area contributed by atoms with Crippen LogP contribution in [0.2, 0.25) is 0 Å². The van der Waals surface area contributed by atoms with Gasteiger partial charge in [0, 0.05) is 24.2 Å². The van der Waals surface area contributed by atoms with E-state index in [1.165, 1.54) is 17.5 Å². The maximum absolute atomic E-state index is 12.6. The fourth-order valence-electron chi connectivity index (χ4n) is 4.04. The molecular formula is C21H23N5O2. The van der Waals surface area contributed by atoms with Crippen molar-refractivity contribution in [1.29, 1.82) is 0 Å². The molecule has 0 spiro atoms. The van der Waals surface area contributed by atoms with E-state index in [0.717, 1.165) is 42.8 Å². The topological polar surface area (TPSA) is 85.8 Å². The van der Waals surface area contributed by atoms with Crippen LogP contribution < -0.4 is 5.32 Å². The van der Waals surface area contributed by atoms with Gasteiger partial charge in [-0.05, 0) is 49.8 Å². The van der Waals surface area contributed by atoms with E-state index in [-0.39, 0.29) is 11.9 Å². The molecule has 1 saturated carbocycles. The summed E-state index contributed by atoms with van der Waals surface area (Å²) in [6.07, 6.45) is 6.97. The maximum atomic E-state index is 12.6. The van der Waals surface area contributed by atoms with E-state index in [4.69, 9.17) is 4.52 Å². The molecule has 1 N–H and O–H groups in total. The van der Waals surface area contributed by atoms with Crippen molar-refractivity contribution >= 4 is 5.91 Å². The fourth-order valence-corrected chi connectivity index (χ4v) is 4.04. The number of aromatic nitrogens is 4. The van der Waals surface area contributed by atoms with Gasteiger partial charge in [0.1, 0.15) is 0 Å². The normalized spacial score (nSPS) is 18.7. The maximum Gasteiger partial charge on any atom is 0.255 e. The summed E-state index contributed by atoms with van der Waals surface area (Å²) in [6, 6.07) is 6.25. The predicted octanol–water partition coefficient (Wildman–Crippen LogP) is 3.46. The molecule has 1 fully saturated rings. The van der Waals surface area contributed by atoms with Gasteiger partial charge in [-0.15, -0.1) is 0 Å². The van der Waals surface area contributed by atoms with Crippen LogP contribution in [0.1, 0.15) is 70.7 Å². The summed E-state index contributed by atoms with van der Waals surface area (Å²) in [6.45, 7) is 1.90. The molecule has 144 valence electrons. The van der Waals surface area contributed by atoms with Gasteiger partial charge in [0.2, 0.25) is 11.7 Å². The Morgan fingerprint density at radius 2 is 2.14 bits per heavy atom. The lowest BCUT2D eigenvalue weighted by Crippen LogP contribution is -2.27. The smallest absolute Gasteiger partial charge is 0.255 e. The Labute approximate surface area is 163 Å². The van der Waals surface area contributed by atoms with Crippen LogP contribution in [0.5, 0.6) is 0 Å². The van der Waals surface area contributed by atoms with Crippen LogP contribution in [0.25, 0.3) is 11.4 Å². The molecule has 3 aromatic rings. The third kappa shape index (κ3) is 2.82. The lowest BCUT2D eigenvalue weighted by Gasteiger charge is -2.20. The SMILES string of the molecule is Cc1c(C(=O)NC2CCc3cc(-c4noc(C5CCC5)n4)ccc32)cnn1C. The van der Waals surface area contributed by atoms with Gasteiger partial charge in [-0.3, -0.25) is 9.48 Å². The second-order valence-corrected chi connectivity index (χ2v) is 7.83. The minimum Gasteiger partial charge on any atom is -0.345 e. The van der Waals surface area contributed by atoms with Crippen LogP contribution in [0.15, 0.2) is 28.9 Å². The molecule has 1 unspecified atom stereocenters. The Bertz CT molecular complexity index is 1050. The van der Waals surface area contributed by atoms with Crippen LogP contribution in [-0.4, -0.2) is 25.8 Å². The lowest BCUT2D eigenvalue weighted by atomic mass is 9.85. The molecule has 2 aliphatic rings. The van der Waals surface area contributed by atoms with Crippen LogP contribution in [-0.2, 0) is 13.5 Å². The van der Waals surface area contributed by atoms with E-state index in [1.807, 2.05) is 20.0 Å². The van der Waals surface area contributed by atoms with Crippen LogP contribution in [0, 0.1) is 6.92 Å². The van der Waals surface area contributed by atoms with Crippen molar-refractivity contribution < 1.29 is 9.32 Å². The summed E-state index contributed by atoms with van der Waals surface area (Å²) in [5.74, 6) is 1.78. The number of aryl methyl sites for hydroxylation is 2. The van der Waals surface area contributed by atoms with Crippen molar-refractivity contribution in [3.63, 3.8) is 0 Å². The van der Waals surface area contributed by atoms with Gasteiger partial charge in [0.05, 0.1) is 17.8 Å². The summed E-state index contributed by atoms with van der Waals surface area (Å²) in [5.41, 5.74) is 4.87. The molecule has 7 nitrogen and oxygen atoms in total. The number of nitrogens with zero attached hydrogens (tertiary/aromatic N) is 4. The molecule has 1 atom stereocenters. The molecule has 1 aromatic carbocycles. The molecule has 0 bridgehead atoms. The number of amides is 1. The largest absolute Gasteiger partial charge is 0.345 e. The summed E-state index contributed by atoms with van der Waals surface area (Å²) in [7, 11) is 1.84. The highest BCUT2D eigenvalue weighted by Crippen LogP contribution is 2.37. The van der Waals surface area contributed by atoms with Crippen molar-refractivity contribution in [3.05, 3.63) is 52.7 Å². The zero-order valence-corrected chi connectivity index (χ0v) is 16.1. The molecule has 2 heterocycles. The molecule has 2 aliphatic carbocycles. The highest BCUT2D eigenvalue weighted by molar-refractivity contribution is 5.95. The van der Waals surface area contributed by atoms with Gasteiger partial charge < -0.3 is 9.84 Å². The first kappa shape index (κ1) is 17.2. The molecule has 2 aromatic heterocycles.